The zero-order chi connectivity index (χ0) is 18.1. The molecule has 0 spiro atoms. The van der Waals surface area contributed by atoms with Crippen LogP contribution in [0.2, 0.25) is 0 Å². The van der Waals surface area contributed by atoms with Gasteiger partial charge < -0.3 is 0 Å². The number of benzene rings is 2. The average molecular weight is 376 g/mol. The van der Waals surface area contributed by atoms with Gasteiger partial charge >= 0.3 is 0 Å². The fourth-order valence-corrected chi connectivity index (χ4v) is 9.29. The summed E-state index contributed by atoms with van der Waals surface area (Å²) in [7, 11) is -8.25. The van der Waals surface area contributed by atoms with Crippen LogP contribution in [0.5, 0.6) is 0 Å². The molecule has 0 amide bonds. The molecule has 25 heavy (non-hydrogen) atoms. The molecule has 1 aliphatic carbocycles. The normalized spacial score (nSPS) is 20.2. The Labute approximate surface area is 149 Å². The minimum Gasteiger partial charge on any atom is -0.222 e. The maximum absolute atomic E-state index is 13.5. The highest BCUT2D eigenvalue weighted by atomic mass is 32.3. The van der Waals surface area contributed by atoms with Gasteiger partial charge in [-0.05, 0) is 37.1 Å². The highest BCUT2D eigenvalue weighted by molar-refractivity contribution is 8.10. The molecule has 1 atom stereocenters. The lowest BCUT2D eigenvalue weighted by Crippen LogP contribution is -2.48. The molecule has 0 N–H and O–H groups in total. The Balaban J connectivity index is 2.32. The van der Waals surface area contributed by atoms with Crippen molar-refractivity contribution >= 4 is 19.7 Å². The first-order valence-electron chi connectivity index (χ1n) is 8.10. The number of rotatable bonds is 5. The summed E-state index contributed by atoms with van der Waals surface area (Å²) < 4.78 is 52.2. The van der Waals surface area contributed by atoms with Crippen molar-refractivity contribution in [3.63, 3.8) is 0 Å². The smallest absolute Gasteiger partial charge is 0.199 e. The van der Waals surface area contributed by atoms with E-state index in [1.165, 1.54) is 30.3 Å². The first-order chi connectivity index (χ1) is 11.9. The number of allylic oxidation sites excluding steroid dienone is 1. The predicted molar refractivity (Wildman–Crippen MR) is 97.5 cm³/mol. The van der Waals surface area contributed by atoms with Crippen LogP contribution in [0.3, 0.4) is 0 Å². The molecule has 132 valence electrons. The van der Waals surface area contributed by atoms with Crippen molar-refractivity contribution in [3.8, 4) is 0 Å². The van der Waals surface area contributed by atoms with Crippen molar-refractivity contribution in [1.82, 2.24) is 0 Å². The molecule has 0 bridgehead atoms. The fourth-order valence-electron chi connectivity index (χ4n) is 3.68. The van der Waals surface area contributed by atoms with Crippen LogP contribution in [0, 0.1) is 5.92 Å². The van der Waals surface area contributed by atoms with Crippen molar-refractivity contribution in [1.29, 1.82) is 0 Å². The Morgan fingerprint density at radius 1 is 0.840 bits per heavy atom. The van der Waals surface area contributed by atoms with Crippen molar-refractivity contribution < 1.29 is 16.8 Å². The van der Waals surface area contributed by atoms with Gasteiger partial charge in [0.2, 0.25) is 0 Å². The highest BCUT2D eigenvalue weighted by Crippen LogP contribution is 2.51. The monoisotopic (exact) mass is 376 g/mol. The zero-order valence-electron chi connectivity index (χ0n) is 13.7. The Hall–Kier alpha value is -1.92. The third kappa shape index (κ3) is 2.55. The molecule has 6 heteroatoms. The molecule has 2 aromatic rings. The minimum absolute atomic E-state index is 0.0308. The van der Waals surface area contributed by atoms with Gasteiger partial charge in [-0.3, -0.25) is 0 Å². The Bertz CT molecular complexity index is 893. The van der Waals surface area contributed by atoms with Crippen molar-refractivity contribution in [2.24, 2.45) is 5.92 Å². The molecule has 3 rings (SSSR count). The van der Waals surface area contributed by atoms with Crippen molar-refractivity contribution in [2.75, 3.05) is 0 Å². The lowest BCUT2D eigenvalue weighted by molar-refractivity contribution is 0.510. The molecule has 0 saturated heterocycles. The Morgan fingerprint density at radius 3 is 1.68 bits per heavy atom. The van der Waals surface area contributed by atoms with E-state index in [4.69, 9.17) is 0 Å². The molecule has 0 aromatic heterocycles. The molecule has 2 aromatic carbocycles. The summed E-state index contributed by atoms with van der Waals surface area (Å²) in [5.41, 5.74) is 0. The first kappa shape index (κ1) is 17.9. The molecule has 0 heterocycles. The molecule has 0 aliphatic heterocycles. The predicted octanol–water partition coefficient (Wildman–Crippen LogP) is 3.62. The standard InChI is InChI=1S/C19H20O4S2/c1-2-16-10-9-15-19(16,24(20,21)17-11-5-3-6-12-17)25(22,23)18-13-7-4-8-14-18/h2-8,11-14,16H,1,9-10,15H2. The maximum Gasteiger partial charge on any atom is 0.199 e. The van der Waals surface area contributed by atoms with E-state index < -0.39 is 29.7 Å². The highest BCUT2D eigenvalue weighted by Gasteiger charge is 2.61. The number of hydrogen-bond donors (Lipinski definition) is 0. The van der Waals surface area contributed by atoms with E-state index >= 15 is 0 Å². The number of hydrogen-bond acceptors (Lipinski definition) is 4. The first-order valence-corrected chi connectivity index (χ1v) is 11.1. The van der Waals surface area contributed by atoms with E-state index in [1.807, 2.05) is 0 Å². The lowest BCUT2D eigenvalue weighted by atomic mass is 10.1. The Kier molecular flexibility index (Phi) is 4.60. The van der Waals surface area contributed by atoms with Crippen LogP contribution in [0.15, 0.2) is 83.1 Å². The summed E-state index contributed by atoms with van der Waals surface area (Å²) >= 11 is 0. The molecule has 1 fully saturated rings. The fraction of sp³-hybridized carbons (Fsp3) is 0.263. The van der Waals surface area contributed by atoms with Crippen LogP contribution >= 0.6 is 0 Å². The third-order valence-corrected chi connectivity index (χ3v) is 10.8. The second kappa shape index (κ2) is 6.42. The summed E-state index contributed by atoms with van der Waals surface area (Å²) in [6.07, 6.45) is 2.56. The van der Waals surface area contributed by atoms with E-state index in [1.54, 1.807) is 36.4 Å². The van der Waals surface area contributed by atoms with Crippen molar-refractivity contribution in [2.45, 2.75) is 33.1 Å². The largest absolute Gasteiger partial charge is 0.222 e. The van der Waals surface area contributed by atoms with E-state index in [0.29, 0.717) is 12.8 Å². The SMILES string of the molecule is C=CC1CCCC1(S(=O)(=O)c1ccccc1)S(=O)(=O)c1ccccc1. The van der Waals surface area contributed by atoms with Gasteiger partial charge in [0, 0.05) is 5.92 Å². The van der Waals surface area contributed by atoms with Crippen LogP contribution in [0.25, 0.3) is 0 Å². The lowest BCUT2D eigenvalue weighted by Gasteiger charge is -2.33. The summed E-state index contributed by atoms with van der Waals surface area (Å²) in [5, 5.41) is 0. The average Bonchev–Trinajstić information content (AvgIpc) is 3.09. The van der Waals surface area contributed by atoms with Gasteiger partial charge in [-0.2, -0.15) is 0 Å². The van der Waals surface area contributed by atoms with Crippen LogP contribution in [-0.4, -0.2) is 20.9 Å². The molecule has 1 saturated carbocycles. The van der Waals surface area contributed by atoms with Crippen LogP contribution < -0.4 is 0 Å². The van der Waals surface area contributed by atoms with E-state index in [0.717, 1.165) is 0 Å². The van der Waals surface area contributed by atoms with Gasteiger partial charge in [-0.25, -0.2) is 16.8 Å². The quantitative estimate of drug-likeness (QED) is 0.748. The molecular formula is C19H20O4S2. The summed E-state index contributed by atoms with van der Waals surface area (Å²) in [4.78, 5) is 0.0616. The molecule has 0 radical (unpaired) electrons. The van der Waals surface area contributed by atoms with Gasteiger partial charge in [-0.15, -0.1) is 6.58 Å². The molecule has 1 aliphatic rings. The molecule has 4 nitrogen and oxygen atoms in total. The van der Waals surface area contributed by atoms with Gasteiger partial charge in [0.1, 0.15) is 0 Å². The number of sulfone groups is 2. The van der Waals surface area contributed by atoms with Crippen LogP contribution in [0.1, 0.15) is 19.3 Å². The Morgan fingerprint density at radius 2 is 1.28 bits per heavy atom. The minimum atomic E-state index is -4.13. The van der Waals surface area contributed by atoms with Crippen molar-refractivity contribution in [3.05, 3.63) is 73.3 Å². The summed E-state index contributed by atoms with van der Waals surface area (Å²) in [5.74, 6) is -0.650. The second-order valence-electron chi connectivity index (χ2n) is 6.18. The van der Waals surface area contributed by atoms with E-state index in [-0.39, 0.29) is 16.2 Å². The molecular weight excluding hydrogens is 356 g/mol. The van der Waals surface area contributed by atoms with Gasteiger partial charge in [0.15, 0.2) is 23.8 Å². The van der Waals surface area contributed by atoms with Gasteiger partial charge in [0.05, 0.1) is 9.79 Å². The van der Waals surface area contributed by atoms with Gasteiger partial charge in [-0.1, -0.05) is 48.9 Å². The van der Waals surface area contributed by atoms with E-state index in [9.17, 15) is 16.8 Å². The van der Waals surface area contributed by atoms with Crippen LogP contribution in [-0.2, 0) is 19.7 Å². The summed E-state index contributed by atoms with van der Waals surface area (Å²) in [6.45, 7) is 3.72. The van der Waals surface area contributed by atoms with E-state index in [2.05, 4.69) is 6.58 Å². The maximum atomic E-state index is 13.5. The zero-order valence-corrected chi connectivity index (χ0v) is 15.3. The second-order valence-corrected chi connectivity index (χ2v) is 10.9. The third-order valence-electron chi connectivity index (χ3n) is 4.91. The molecule has 1 unspecified atom stereocenters. The van der Waals surface area contributed by atoms with Crippen LogP contribution in [0.4, 0.5) is 0 Å². The topological polar surface area (TPSA) is 68.3 Å². The van der Waals surface area contributed by atoms with Gasteiger partial charge in [0.25, 0.3) is 0 Å². The summed E-state index contributed by atoms with van der Waals surface area (Å²) in [6, 6.07) is 15.6.